The second kappa shape index (κ2) is 18.6. The molecule has 4 N–H and O–H groups in total. The standard InChI is InChI=1S/C37H59NO3/c1-3-4-8-18-30(19-12-6-11-17-29-15-9-5-10-16-29)26-32-22-23-33(27-31-20-13-7-14-21-31)36(34(32)24-25-38)35(28(2)39)37(40)41/h6-7,12-14,20-23,28-30,32-36,39H,3-5,8-11,15-19,24-27,38H2,1-2H3,(H,40,41)/b12-6-/t28-,30+,32-,33+,34+,35+,36-/m0/s1. The number of carbonyl (C=O) groups is 1. The van der Waals surface area contributed by atoms with Crippen molar-refractivity contribution >= 4 is 5.97 Å². The van der Waals surface area contributed by atoms with Crippen molar-refractivity contribution in [1.82, 2.24) is 0 Å². The fourth-order valence-corrected chi connectivity index (χ4v) is 7.94. The summed E-state index contributed by atoms with van der Waals surface area (Å²) >= 11 is 0. The van der Waals surface area contributed by atoms with Gasteiger partial charge in [-0.25, -0.2) is 0 Å². The summed E-state index contributed by atoms with van der Waals surface area (Å²) in [5.74, 6) is 0.188. The lowest BCUT2D eigenvalue weighted by Gasteiger charge is -2.44. The van der Waals surface area contributed by atoms with Crippen molar-refractivity contribution in [3.05, 3.63) is 60.2 Å². The van der Waals surface area contributed by atoms with E-state index in [0.29, 0.717) is 18.4 Å². The maximum Gasteiger partial charge on any atom is 0.309 e. The lowest BCUT2D eigenvalue weighted by molar-refractivity contribution is -0.151. The van der Waals surface area contributed by atoms with Gasteiger partial charge in [-0.15, -0.1) is 0 Å². The molecule has 0 bridgehead atoms. The van der Waals surface area contributed by atoms with Crippen LogP contribution >= 0.6 is 0 Å². The Morgan fingerprint density at radius 3 is 2.41 bits per heavy atom. The van der Waals surface area contributed by atoms with Crippen LogP contribution in [0.15, 0.2) is 54.6 Å². The first-order valence-corrected chi connectivity index (χ1v) is 16.9. The molecule has 0 unspecified atom stereocenters. The summed E-state index contributed by atoms with van der Waals surface area (Å²) in [4.78, 5) is 12.6. The number of carboxylic acids is 1. The van der Waals surface area contributed by atoms with E-state index in [1.165, 1.54) is 76.2 Å². The Kier molecular flexibility index (Phi) is 15.2. The number of carboxylic acid groups (broad SMARTS) is 1. The minimum atomic E-state index is -0.907. The molecule has 0 aliphatic heterocycles. The average Bonchev–Trinajstić information content (AvgIpc) is 2.96. The van der Waals surface area contributed by atoms with Crippen LogP contribution in [0.25, 0.3) is 0 Å². The van der Waals surface area contributed by atoms with E-state index < -0.39 is 18.0 Å². The van der Waals surface area contributed by atoms with Crippen LogP contribution in [0.2, 0.25) is 0 Å². The summed E-state index contributed by atoms with van der Waals surface area (Å²) < 4.78 is 0. The van der Waals surface area contributed by atoms with E-state index in [0.717, 1.165) is 31.6 Å². The molecule has 1 fully saturated rings. The average molecular weight is 566 g/mol. The molecule has 4 nitrogen and oxygen atoms in total. The van der Waals surface area contributed by atoms with Gasteiger partial charge in [-0.05, 0) is 93.1 Å². The van der Waals surface area contributed by atoms with Crippen molar-refractivity contribution in [2.24, 2.45) is 47.2 Å². The Bertz CT molecular complexity index is 904. The molecule has 0 saturated heterocycles. The van der Waals surface area contributed by atoms with Crippen LogP contribution in [0.3, 0.4) is 0 Å². The van der Waals surface area contributed by atoms with Crippen LogP contribution in [0.5, 0.6) is 0 Å². The van der Waals surface area contributed by atoms with E-state index in [2.05, 4.69) is 43.4 Å². The number of aliphatic hydroxyl groups is 1. The topological polar surface area (TPSA) is 83.5 Å². The fourth-order valence-electron chi connectivity index (χ4n) is 7.94. The van der Waals surface area contributed by atoms with Crippen molar-refractivity contribution in [2.75, 3.05) is 6.54 Å². The van der Waals surface area contributed by atoms with Crippen molar-refractivity contribution in [3.63, 3.8) is 0 Å². The molecule has 230 valence electrons. The third-order valence-corrected chi connectivity index (χ3v) is 10.1. The van der Waals surface area contributed by atoms with Gasteiger partial charge in [-0.2, -0.15) is 0 Å². The highest BCUT2D eigenvalue weighted by Gasteiger charge is 2.45. The Hall–Kier alpha value is -1.91. The van der Waals surface area contributed by atoms with Gasteiger partial charge < -0.3 is 15.9 Å². The predicted octanol–water partition coefficient (Wildman–Crippen LogP) is 8.59. The number of nitrogens with two attached hydrogens (primary N) is 1. The van der Waals surface area contributed by atoms with Gasteiger partial charge in [-0.1, -0.05) is 119 Å². The van der Waals surface area contributed by atoms with Gasteiger partial charge in [0.15, 0.2) is 0 Å². The number of unbranched alkanes of at least 4 members (excludes halogenated alkanes) is 2. The largest absolute Gasteiger partial charge is 0.481 e. The Balaban J connectivity index is 1.77. The first-order chi connectivity index (χ1) is 19.9. The van der Waals surface area contributed by atoms with E-state index in [4.69, 9.17) is 5.73 Å². The predicted molar refractivity (Wildman–Crippen MR) is 172 cm³/mol. The number of aliphatic hydroxyl groups excluding tert-OH is 1. The number of aliphatic carboxylic acids is 1. The van der Waals surface area contributed by atoms with Crippen molar-refractivity contribution in [2.45, 2.75) is 116 Å². The van der Waals surface area contributed by atoms with Crippen molar-refractivity contribution in [1.29, 1.82) is 0 Å². The van der Waals surface area contributed by atoms with Gasteiger partial charge in [0.2, 0.25) is 0 Å². The van der Waals surface area contributed by atoms with Crippen LogP contribution in [0, 0.1) is 41.4 Å². The Morgan fingerprint density at radius 2 is 1.76 bits per heavy atom. The third-order valence-electron chi connectivity index (χ3n) is 10.1. The highest BCUT2D eigenvalue weighted by atomic mass is 16.4. The van der Waals surface area contributed by atoms with E-state index in [1.54, 1.807) is 6.92 Å². The summed E-state index contributed by atoms with van der Waals surface area (Å²) in [5.41, 5.74) is 7.40. The second-order valence-electron chi connectivity index (χ2n) is 13.2. The Morgan fingerprint density at radius 1 is 1.02 bits per heavy atom. The minimum Gasteiger partial charge on any atom is -0.481 e. The summed E-state index contributed by atoms with van der Waals surface area (Å²) in [7, 11) is 0. The zero-order valence-corrected chi connectivity index (χ0v) is 26.0. The Labute approximate surface area is 250 Å². The maximum atomic E-state index is 12.6. The van der Waals surface area contributed by atoms with Gasteiger partial charge >= 0.3 is 5.97 Å². The third kappa shape index (κ3) is 11.0. The van der Waals surface area contributed by atoms with Crippen LogP contribution in [-0.2, 0) is 11.2 Å². The molecule has 0 spiro atoms. The summed E-state index contributed by atoms with van der Waals surface area (Å²) in [5, 5.41) is 21.0. The first-order valence-electron chi connectivity index (χ1n) is 16.9. The van der Waals surface area contributed by atoms with E-state index in [1.807, 2.05) is 18.2 Å². The molecule has 2 aliphatic carbocycles. The molecule has 4 heteroatoms. The van der Waals surface area contributed by atoms with E-state index in [9.17, 15) is 15.0 Å². The monoisotopic (exact) mass is 565 g/mol. The van der Waals surface area contributed by atoms with Crippen LogP contribution in [-0.4, -0.2) is 28.8 Å². The number of rotatable bonds is 18. The highest BCUT2D eigenvalue weighted by Crippen LogP contribution is 2.46. The van der Waals surface area contributed by atoms with Gasteiger partial charge in [0.1, 0.15) is 0 Å². The molecular weight excluding hydrogens is 506 g/mol. The zero-order chi connectivity index (χ0) is 29.5. The summed E-state index contributed by atoms with van der Waals surface area (Å²) in [6, 6.07) is 10.4. The summed E-state index contributed by atoms with van der Waals surface area (Å²) in [6.07, 6.45) is 27.0. The number of hydrogen-bond donors (Lipinski definition) is 3. The van der Waals surface area contributed by atoms with Gasteiger partial charge in [0.05, 0.1) is 12.0 Å². The number of allylic oxidation sites excluding steroid dienone is 4. The van der Waals surface area contributed by atoms with Crippen molar-refractivity contribution in [3.8, 4) is 0 Å². The highest BCUT2D eigenvalue weighted by molar-refractivity contribution is 5.71. The number of hydrogen-bond acceptors (Lipinski definition) is 3. The molecule has 41 heavy (non-hydrogen) atoms. The molecule has 7 atom stereocenters. The summed E-state index contributed by atoms with van der Waals surface area (Å²) in [6.45, 7) is 4.45. The van der Waals surface area contributed by atoms with Gasteiger partial charge in [0.25, 0.3) is 0 Å². The molecule has 1 aromatic carbocycles. The molecule has 0 radical (unpaired) electrons. The van der Waals surface area contributed by atoms with Crippen molar-refractivity contribution < 1.29 is 15.0 Å². The maximum absolute atomic E-state index is 12.6. The van der Waals surface area contributed by atoms with Crippen LogP contribution in [0.1, 0.15) is 109 Å². The first kappa shape index (κ1) is 33.6. The fraction of sp³-hybridized carbons (Fsp3) is 0.703. The lowest BCUT2D eigenvalue weighted by Crippen LogP contribution is -2.45. The molecular formula is C37H59NO3. The molecule has 0 heterocycles. The minimum absolute atomic E-state index is 0.0686. The van der Waals surface area contributed by atoms with Crippen LogP contribution < -0.4 is 5.73 Å². The van der Waals surface area contributed by atoms with E-state index >= 15 is 0 Å². The molecule has 2 aliphatic rings. The van der Waals surface area contributed by atoms with Crippen LogP contribution in [0.4, 0.5) is 0 Å². The van der Waals surface area contributed by atoms with Gasteiger partial charge in [-0.3, -0.25) is 4.79 Å². The molecule has 1 aromatic rings. The SMILES string of the molecule is CCCCC[C@H](C/C=C\CCC1CCCCC1)C[C@@H]1C=C[C@H](Cc2ccccc2)[C@H]([C@H](C(=O)O)[C@H](C)O)[C@@H]1CCN. The normalized spacial score (nSPS) is 25.8. The second-order valence-corrected chi connectivity index (χ2v) is 13.2. The van der Waals surface area contributed by atoms with E-state index in [-0.39, 0.29) is 17.8 Å². The number of benzene rings is 1. The molecule has 3 rings (SSSR count). The molecule has 0 amide bonds. The van der Waals surface area contributed by atoms with Gasteiger partial charge in [0, 0.05) is 0 Å². The smallest absolute Gasteiger partial charge is 0.309 e. The zero-order valence-electron chi connectivity index (χ0n) is 26.0. The molecule has 1 saturated carbocycles. The lowest BCUT2D eigenvalue weighted by atomic mass is 9.60. The quantitative estimate of drug-likeness (QED) is 0.123. The molecule has 0 aromatic heterocycles.